The van der Waals surface area contributed by atoms with Gasteiger partial charge in [0.15, 0.2) is 5.79 Å². The molecule has 0 aromatic heterocycles. The molecule has 1 aliphatic heterocycles. The van der Waals surface area contributed by atoms with Crippen LogP contribution in [0.15, 0.2) is 23.1 Å². The highest BCUT2D eigenvalue weighted by Gasteiger charge is 2.44. The highest BCUT2D eigenvalue weighted by Crippen LogP contribution is 2.31. The van der Waals surface area contributed by atoms with Crippen LogP contribution in [0, 0.1) is 13.8 Å². The van der Waals surface area contributed by atoms with Crippen molar-refractivity contribution in [1.82, 2.24) is 0 Å². The quantitative estimate of drug-likeness (QED) is 0.847. The average Bonchev–Trinajstić information content (AvgIpc) is 2.62. The van der Waals surface area contributed by atoms with E-state index in [4.69, 9.17) is 13.7 Å². The van der Waals surface area contributed by atoms with Gasteiger partial charge in [0, 0.05) is 0 Å². The molecule has 2 rings (SSSR count). The van der Waals surface area contributed by atoms with Gasteiger partial charge in [-0.15, -0.1) is 0 Å². The molecule has 0 aliphatic carbocycles. The van der Waals surface area contributed by atoms with Gasteiger partial charge in [0.25, 0.3) is 10.1 Å². The van der Waals surface area contributed by atoms with Gasteiger partial charge >= 0.3 is 0 Å². The summed E-state index contributed by atoms with van der Waals surface area (Å²) in [5.41, 5.74) is 1.55. The van der Waals surface area contributed by atoms with E-state index in [1.807, 2.05) is 6.92 Å². The maximum atomic E-state index is 12.4. The zero-order valence-electron chi connectivity index (χ0n) is 12.5. The van der Waals surface area contributed by atoms with Crippen LogP contribution in [0.4, 0.5) is 0 Å². The average molecular weight is 316 g/mol. The topological polar surface area (TPSA) is 82.1 Å². The number of hydrogen-bond acceptors (Lipinski definition) is 6. The van der Waals surface area contributed by atoms with Crippen molar-refractivity contribution in [3.05, 3.63) is 29.3 Å². The standard InChI is InChI=1S/C14H20O6S/c1-9-5-6-12(10(2)7-9)21(16,17)20-13-11(8-15)18-14(3,4)19-13/h5-7,11,13,15H,8H2,1-4H3/t11-,13-/m0/s1. The first kappa shape index (κ1) is 16.4. The third kappa shape index (κ3) is 3.61. The van der Waals surface area contributed by atoms with Crippen LogP contribution in [0.25, 0.3) is 0 Å². The van der Waals surface area contributed by atoms with E-state index in [2.05, 4.69) is 0 Å². The summed E-state index contributed by atoms with van der Waals surface area (Å²) in [5, 5.41) is 9.25. The molecule has 0 bridgehead atoms. The van der Waals surface area contributed by atoms with Crippen LogP contribution in [0.2, 0.25) is 0 Å². The lowest BCUT2D eigenvalue weighted by atomic mass is 10.2. The second-order valence-corrected chi connectivity index (χ2v) is 7.08. The number of aliphatic hydroxyl groups is 1. The van der Waals surface area contributed by atoms with Crippen LogP contribution < -0.4 is 0 Å². The highest BCUT2D eigenvalue weighted by molar-refractivity contribution is 7.86. The molecule has 6 nitrogen and oxygen atoms in total. The van der Waals surface area contributed by atoms with E-state index in [0.29, 0.717) is 5.56 Å². The molecule has 7 heteroatoms. The van der Waals surface area contributed by atoms with Gasteiger partial charge in [-0.1, -0.05) is 17.7 Å². The zero-order valence-corrected chi connectivity index (χ0v) is 13.3. The second-order valence-electron chi connectivity index (χ2n) is 5.54. The Hall–Kier alpha value is -0.990. The van der Waals surface area contributed by atoms with Crippen molar-refractivity contribution in [3.63, 3.8) is 0 Å². The van der Waals surface area contributed by atoms with Gasteiger partial charge in [0.2, 0.25) is 6.29 Å². The van der Waals surface area contributed by atoms with Crippen molar-refractivity contribution in [2.45, 2.75) is 50.8 Å². The maximum absolute atomic E-state index is 12.4. The summed E-state index contributed by atoms with van der Waals surface area (Å²) >= 11 is 0. The molecule has 0 saturated carbocycles. The van der Waals surface area contributed by atoms with Gasteiger partial charge in [0.05, 0.1) is 11.5 Å². The molecule has 1 heterocycles. The molecule has 1 aliphatic rings. The normalized spacial score (nSPS) is 25.2. The molecular weight excluding hydrogens is 296 g/mol. The monoisotopic (exact) mass is 316 g/mol. The lowest BCUT2D eigenvalue weighted by Crippen LogP contribution is -2.31. The van der Waals surface area contributed by atoms with E-state index in [1.54, 1.807) is 32.9 Å². The van der Waals surface area contributed by atoms with Crippen LogP contribution in [0.1, 0.15) is 25.0 Å². The molecule has 0 amide bonds. The lowest BCUT2D eigenvalue weighted by molar-refractivity contribution is -0.168. The summed E-state index contributed by atoms with van der Waals surface area (Å²) in [5.74, 6) is -1.00. The van der Waals surface area contributed by atoms with Gasteiger partial charge in [0.1, 0.15) is 6.10 Å². The minimum atomic E-state index is -4.00. The summed E-state index contributed by atoms with van der Waals surface area (Å²) in [4.78, 5) is 0.0816. The summed E-state index contributed by atoms with van der Waals surface area (Å²) in [6.07, 6.45) is -2.02. The molecule has 1 aromatic carbocycles. The van der Waals surface area contributed by atoms with Crippen molar-refractivity contribution in [1.29, 1.82) is 0 Å². The zero-order chi connectivity index (χ0) is 15.8. The molecule has 21 heavy (non-hydrogen) atoms. The Morgan fingerprint density at radius 2 is 1.95 bits per heavy atom. The van der Waals surface area contributed by atoms with Crippen LogP contribution >= 0.6 is 0 Å². The van der Waals surface area contributed by atoms with E-state index in [-0.39, 0.29) is 4.90 Å². The number of aliphatic hydroxyl groups excluding tert-OH is 1. The summed E-state index contributed by atoms with van der Waals surface area (Å²) in [6, 6.07) is 4.95. The molecule has 0 spiro atoms. The van der Waals surface area contributed by atoms with Crippen molar-refractivity contribution in [2.24, 2.45) is 0 Å². The van der Waals surface area contributed by atoms with E-state index in [9.17, 15) is 13.5 Å². The minimum Gasteiger partial charge on any atom is -0.393 e. The van der Waals surface area contributed by atoms with Gasteiger partial charge in [-0.05, 0) is 39.3 Å². The Bertz CT molecular complexity index is 622. The van der Waals surface area contributed by atoms with Crippen LogP contribution in [0.3, 0.4) is 0 Å². The van der Waals surface area contributed by atoms with E-state index < -0.39 is 34.9 Å². The summed E-state index contributed by atoms with van der Waals surface area (Å²) < 4.78 is 40.6. The number of rotatable bonds is 4. The molecule has 1 fully saturated rings. The summed E-state index contributed by atoms with van der Waals surface area (Å²) in [6.45, 7) is 6.44. The number of benzene rings is 1. The molecule has 0 unspecified atom stereocenters. The maximum Gasteiger partial charge on any atom is 0.299 e. The molecule has 118 valence electrons. The molecule has 1 N–H and O–H groups in total. The Balaban J connectivity index is 2.25. The molecule has 2 atom stereocenters. The van der Waals surface area contributed by atoms with Gasteiger partial charge in [-0.25, -0.2) is 4.18 Å². The predicted molar refractivity (Wildman–Crippen MR) is 75.1 cm³/mol. The highest BCUT2D eigenvalue weighted by atomic mass is 32.2. The number of hydrogen-bond donors (Lipinski definition) is 1. The number of ether oxygens (including phenoxy) is 2. The van der Waals surface area contributed by atoms with E-state index >= 15 is 0 Å². The largest absolute Gasteiger partial charge is 0.393 e. The number of aryl methyl sites for hydroxylation is 2. The predicted octanol–water partition coefficient (Wildman–Crippen LogP) is 1.48. The van der Waals surface area contributed by atoms with Crippen molar-refractivity contribution < 1.29 is 27.2 Å². The van der Waals surface area contributed by atoms with Gasteiger partial charge in [-0.3, -0.25) is 0 Å². The smallest absolute Gasteiger partial charge is 0.299 e. The fourth-order valence-corrected chi connectivity index (χ4v) is 3.47. The van der Waals surface area contributed by atoms with Crippen molar-refractivity contribution in [3.8, 4) is 0 Å². The third-order valence-electron chi connectivity index (χ3n) is 3.14. The van der Waals surface area contributed by atoms with Gasteiger partial charge in [-0.2, -0.15) is 8.42 Å². The Morgan fingerprint density at radius 1 is 1.29 bits per heavy atom. The minimum absolute atomic E-state index is 0.0816. The van der Waals surface area contributed by atoms with Gasteiger partial charge < -0.3 is 14.6 Å². The SMILES string of the molecule is Cc1ccc(S(=O)(=O)O[C@@H]2OC(C)(C)O[C@H]2CO)c(C)c1. The Kier molecular flexibility index (Phi) is 4.41. The van der Waals surface area contributed by atoms with Crippen LogP contribution in [-0.2, 0) is 23.8 Å². The summed E-state index contributed by atoms with van der Waals surface area (Å²) in [7, 11) is -4.00. The first-order chi connectivity index (χ1) is 9.64. The van der Waals surface area contributed by atoms with E-state index in [0.717, 1.165) is 5.56 Å². The molecule has 0 radical (unpaired) electrons. The molecule has 1 saturated heterocycles. The molecular formula is C14H20O6S. The van der Waals surface area contributed by atoms with E-state index in [1.165, 1.54) is 6.07 Å². The van der Waals surface area contributed by atoms with Crippen LogP contribution in [-0.4, -0.2) is 38.3 Å². The first-order valence-electron chi connectivity index (χ1n) is 6.62. The second kappa shape index (κ2) is 5.66. The first-order valence-corrected chi connectivity index (χ1v) is 8.02. The fraction of sp³-hybridized carbons (Fsp3) is 0.571. The lowest BCUT2D eigenvalue weighted by Gasteiger charge is -2.17. The van der Waals surface area contributed by atoms with Crippen LogP contribution in [0.5, 0.6) is 0 Å². The Labute approximate surface area is 124 Å². The molecule has 1 aromatic rings. The Morgan fingerprint density at radius 3 is 2.52 bits per heavy atom. The third-order valence-corrected chi connectivity index (χ3v) is 4.58. The van der Waals surface area contributed by atoms with Crippen molar-refractivity contribution in [2.75, 3.05) is 6.61 Å². The fourth-order valence-electron chi connectivity index (χ4n) is 2.26. The van der Waals surface area contributed by atoms with Crippen molar-refractivity contribution >= 4 is 10.1 Å².